The molecule has 0 aromatic heterocycles. The van der Waals surface area contributed by atoms with Crippen LogP contribution in [0.25, 0.3) is 0 Å². The van der Waals surface area contributed by atoms with Crippen LogP contribution in [0.15, 0.2) is 18.2 Å². The van der Waals surface area contributed by atoms with Crippen LogP contribution in [0.5, 0.6) is 5.75 Å². The maximum Gasteiger partial charge on any atom is 0.238 e. The van der Waals surface area contributed by atoms with Crippen molar-refractivity contribution in [3.05, 3.63) is 29.3 Å². The molecule has 1 aromatic rings. The highest BCUT2D eigenvalue weighted by atomic mass is 16.5. The van der Waals surface area contributed by atoms with E-state index >= 15 is 0 Å². The summed E-state index contributed by atoms with van der Waals surface area (Å²) in [6, 6.07) is 6.81. The van der Waals surface area contributed by atoms with Gasteiger partial charge in [0.1, 0.15) is 11.4 Å². The molecule has 0 saturated carbocycles. The molecule has 1 aliphatic heterocycles. The fourth-order valence-corrected chi connectivity index (χ4v) is 2.66. The van der Waals surface area contributed by atoms with Crippen molar-refractivity contribution in [1.29, 1.82) is 5.26 Å². The molecule has 2 amide bonds. The molecule has 0 aliphatic carbocycles. The van der Waals surface area contributed by atoms with Gasteiger partial charge in [-0.2, -0.15) is 5.26 Å². The zero-order valence-corrected chi connectivity index (χ0v) is 13.1. The first-order valence-electron chi connectivity index (χ1n) is 7.03. The topological polar surface area (TPSA) is 82.4 Å². The smallest absolute Gasteiger partial charge is 0.238 e. The lowest BCUT2D eigenvalue weighted by Gasteiger charge is -2.42. The molecule has 1 aromatic carbocycles. The molecule has 1 atom stereocenters. The Morgan fingerprint density at radius 3 is 2.64 bits per heavy atom. The number of fused-ring (bicyclic) bond motifs is 1. The van der Waals surface area contributed by atoms with Crippen LogP contribution in [0.1, 0.15) is 51.3 Å². The fourth-order valence-electron chi connectivity index (χ4n) is 2.66. The molecule has 1 aliphatic rings. The quantitative estimate of drug-likeness (QED) is 0.805. The van der Waals surface area contributed by atoms with E-state index in [-0.39, 0.29) is 17.9 Å². The summed E-state index contributed by atoms with van der Waals surface area (Å²) in [7, 11) is 0. The molecule has 1 heterocycles. The van der Waals surface area contributed by atoms with Gasteiger partial charge in [0.25, 0.3) is 0 Å². The van der Waals surface area contributed by atoms with Crippen LogP contribution in [-0.2, 0) is 9.59 Å². The molecule has 2 rings (SSSR count). The Bertz CT molecular complexity index is 661. The molecule has 6 heteroatoms. The molecule has 0 spiro atoms. The number of hydrazine groups is 1. The van der Waals surface area contributed by atoms with Crippen LogP contribution in [0.2, 0.25) is 0 Å². The Balaban J connectivity index is 2.52. The number of carbonyl (C=O) groups is 2. The largest absolute Gasteiger partial charge is 0.487 e. The van der Waals surface area contributed by atoms with Crippen molar-refractivity contribution in [3.63, 3.8) is 0 Å². The Morgan fingerprint density at radius 1 is 1.41 bits per heavy atom. The molecule has 22 heavy (non-hydrogen) atoms. The summed E-state index contributed by atoms with van der Waals surface area (Å²) in [6.07, 6.45) is 0.509. The third-order valence-electron chi connectivity index (χ3n) is 3.50. The highest BCUT2D eigenvalue weighted by molar-refractivity contribution is 5.80. The van der Waals surface area contributed by atoms with Crippen molar-refractivity contribution in [2.45, 2.75) is 45.8 Å². The third kappa shape index (κ3) is 3.19. The van der Waals surface area contributed by atoms with Gasteiger partial charge in [0, 0.05) is 25.8 Å². The first kappa shape index (κ1) is 15.8. The summed E-state index contributed by atoms with van der Waals surface area (Å²) in [5.74, 6) is 0.0283. The first-order valence-corrected chi connectivity index (χ1v) is 7.03. The van der Waals surface area contributed by atoms with Gasteiger partial charge in [-0.1, -0.05) is 0 Å². The lowest BCUT2D eigenvalue weighted by molar-refractivity contribution is -0.144. The van der Waals surface area contributed by atoms with E-state index in [9.17, 15) is 9.59 Å². The summed E-state index contributed by atoms with van der Waals surface area (Å²) in [5, 5.41) is 10.4. The highest BCUT2D eigenvalue weighted by Gasteiger charge is 2.38. The molecule has 6 nitrogen and oxygen atoms in total. The van der Waals surface area contributed by atoms with Gasteiger partial charge in [-0.25, -0.2) is 5.01 Å². The van der Waals surface area contributed by atoms with E-state index in [2.05, 4.69) is 11.5 Å². The third-order valence-corrected chi connectivity index (χ3v) is 3.50. The van der Waals surface area contributed by atoms with Crippen LogP contribution < -0.4 is 10.2 Å². The molecular formula is C16H19N3O3. The van der Waals surface area contributed by atoms with Gasteiger partial charge in [-0.15, -0.1) is 0 Å². The van der Waals surface area contributed by atoms with Crippen LogP contribution in [0.3, 0.4) is 0 Å². The monoisotopic (exact) mass is 301 g/mol. The number of nitriles is 1. The normalized spacial score (nSPS) is 18.4. The van der Waals surface area contributed by atoms with Crippen molar-refractivity contribution >= 4 is 11.8 Å². The van der Waals surface area contributed by atoms with Crippen LogP contribution in [0.4, 0.5) is 0 Å². The molecule has 1 unspecified atom stereocenters. The first-order chi connectivity index (χ1) is 10.2. The summed E-state index contributed by atoms with van der Waals surface area (Å²) in [4.78, 5) is 23.4. The lowest BCUT2D eigenvalue weighted by Crippen LogP contribution is -2.50. The van der Waals surface area contributed by atoms with E-state index in [1.165, 1.54) is 18.9 Å². The van der Waals surface area contributed by atoms with E-state index < -0.39 is 5.60 Å². The van der Waals surface area contributed by atoms with Crippen molar-refractivity contribution < 1.29 is 14.3 Å². The number of carbonyl (C=O) groups excluding carboxylic acids is 2. The van der Waals surface area contributed by atoms with Crippen LogP contribution >= 0.6 is 0 Å². The second kappa shape index (κ2) is 5.68. The average molecular weight is 301 g/mol. The Hall–Kier alpha value is -2.55. The summed E-state index contributed by atoms with van der Waals surface area (Å²) in [6.45, 7) is 6.60. The van der Waals surface area contributed by atoms with E-state index in [0.29, 0.717) is 17.7 Å². The van der Waals surface area contributed by atoms with E-state index in [0.717, 1.165) is 5.56 Å². The molecule has 116 valence electrons. The zero-order chi connectivity index (χ0) is 16.5. The number of ether oxygens (including phenoxy) is 1. The average Bonchev–Trinajstić information content (AvgIpc) is 2.42. The minimum atomic E-state index is -0.488. The SMILES string of the molecule is CC(=O)NN(C(C)=O)C1CC(C)(C)Oc2ccc(C#N)cc21. The van der Waals surface area contributed by atoms with Gasteiger partial charge < -0.3 is 4.74 Å². The minimum absolute atomic E-state index is 0.272. The number of rotatable bonds is 1. The standard InChI is InChI=1S/C16H19N3O3/c1-10(20)18-19(11(2)21)14-8-16(3,4)22-15-6-5-12(9-17)7-13(14)15/h5-7,14H,8H2,1-4H3,(H,18,20). The summed E-state index contributed by atoms with van der Waals surface area (Å²) < 4.78 is 5.92. The number of hydrogen-bond donors (Lipinski definition) is 1. The minimum Gasteiger partial charge on any atom is -0.487 e. The molecule has 0 fully saturated rings. The van der Waals surface area contributed by atoms with Gasteiger partial charge in [-0.05, 0) is 32.0 Å². The van der Waals surface area contributed by atoms with Crippen LogP contribution in [-0.4, -0.2) is 22.4 Å². The van der Waals surface area contributed by atoms with Crippen molar-refractivity contribution in [3.8, 4) is 11.8 Å². The molecule has 0 radical (unpaired) electrons. The number of nitrogens with one attached hydrogen (secondary N) is 1. The van der Waals surface area contributed by atoms with Crippen molar-refractivity contribution in [2.75, 3.05) is 0 Å². The summed E-state index contributed by atoms with van der Waals surface area (Å²) in [5.41, 5.74) is 3.29. The predicted octanol–water partition coefficient (Wildman–Crippen LogP) is 2.06. The number of hydrogen-bond acceptors (Lipinski definition) is 4. The number of nitrogens with zero attached hydrogens (tertiary/aromatic N) is 2. The zero-order valence-electron chi connectivity index (χ0n) is 13.1. The maximum atomic E-state index is 12.0. The lowest BCUT2D eigenvalue weighted by atomic mass is 9.88. The number of amides is 2. The van der Waals surface area contributed by atoms with Crippen molar-refractivity contribution in [2.24, 2.45) is 0 Å². The Kier molecular flexibility index (Phi) is 4.09. The van der Waals surface area contributed by atoms with Gasteiger partial charge in [0.15, 0.2) is 0 Å². The highest BCUT2D eigenvalue weighted by Crippen LogP contribution is 2.42. The van der Waals surface area contributed by atoms with E-state index in [1.54, 1.807) is 18.2 Å². The van der Waals surface area contributed by atoms with E-state index in [4.69, 9.17) is 10.00 Å². The van der Waals surface area contributed by atoms with E-state index in [1.807, 2.05) is 13.8 Å². The molecular weight excluding hydrogens is 282 g/mol. The second-order valence-electron chi connectivity index (χ2n) is 6.00. The Morgan fingerprint density at radius 2 is 2.09 bits per heavy atom. The molecule has 0 saturated heterocycles. The second-order valence-corrected chi connectivity index (χ2v) is 6.00. The maximum absolute atomic E-state index is 12.0. The fraction of sp³-hybridized carbons (Fsp3) is 0.438. The Labute approximate surface area is 129 Å². The van der Waals surface area contributed by atoms with Gasteiger partial charge in [0.2, 0.25) is 11.8 Å². The summed E-state index contributed by atoms with van der Waals surface area (Å²) >= 11 is 0. The number of benzene rings is 1. The van der Waals surface area contributed by atoms with Crippen LogP contribution in [0, 0.1) is 11.3 Å². The van der Waals surface area contributed by atoms with Crippen molar-refractivity contribution in [1.82, 2.24) is 10.4 Å². The molecule has 0 bridgehead atoms. The van der Waals surface area contributed by atoms with Gasteiger partial charge in [0.05, 0.1) is 17.7 Å². The van der Waals surface area contributed by atoms with Gasteiger partial charge in [-0.3, -0.25) is 15.0 Å². The molecule has 1 N–H and O–H groups in total. The van der Waals surface area contributed by atoms with Gasteiger partial charge >= 0.3 is 0 Å². The predicted molar refractivity (Wildman–Crippen MR) is 79.6 cm³/mol.